The second-order valence-electron chi connectivity index (χ2n) is 4.32. The Hall–Kier alpha value is -0.570. The Morgan fingerprint density at radius 3 is 2.92 bits per heavy atom. The van der Waals surface area contributed by atoms with E-state index in [1.165, 1.54) is 0 Å². The van der Waals surface area contributed by atoms with Crippen molar-refractivity contribution in [2.75, 3.05) is 26.2 Å². The van der Waals surface area contributed by atoms with Crippen molar-refractivity contribution in [3.05, 3.63) is 0 Å². The Kier molecular flexibility index (Phi) is 2.06. The topological polar surface area (TPSA) is 32.3 Å². The van der Waals surface area contributed by atoms with Gasteiger partial charge in [0.2, 0.25) is 5.91 Å². The Bertz CT molecular complexity index is 229. The summed E-state index contributed by atoms with van der Waals surface area (Å²) in [6.07, 6.45) is 1.05. The first-order valence-corrected chi connectivity index (χ1v) is 5.21. The summed E-state index contributed by atoms with van der Waals surface area (Å²) in [7, 11) is 0. The highest BCUT2D eigenvalue weighted by Crippen LogP contribution is 2.41. The van der Waals surface area contributed by atoms with Gasteiger partial charge >= 0.3 is 0 Å². The molecule has 2 saturated heterocycles. The predicted molar refractivity (Wildman–Crippen MR) is 51.3 cm³/mol. The highest BCUT2D eigenvalue weighted by Gasteiger charge is 2.51. The first-order valence-electron chi connectivity index (χ1n) is 5.21. The van der Waals surface area contributed by atoms with Crippen LogP contribution in [0.3, 0.4) is 0 Å². The van der Waals surface area contributed by atoms with Crippen molar-refractivity contribution in [3.8, 4) is 0 Å². The number of hydrogen-bond donors (Lipinski definition) is 1. The van der Waals surface area contributed by atoms with Gasteiger partial charge in [-0.25, -0.2) is 0 Å². The van der Waals surface area contributed by atoms with E-state index >= 15 is 0 Å². The van der Waals surface area contributed by atoms with E-state index in [0.717, 1.165) is 32.6 Å². The van der Waals surface area contributed by atoms with Gasteiger partial charge in [0.15, 0.2) is 0 Å². The van der Waals surface area contributed by atoms with Gasteiger partial charge in [0.1, 0.15) is 0 Å². The summed E-state index contributed by atoms with van der Waals surface area (Å²) in [5.41, 5.74) is -0.0456. The van der Waals surface area contributed by atoms with Gasteiger partial charge in [-0.2, -0.15) is 0 Å². The van der Waals surface area contributed by atoms with Gasteiger partial charge in [0, 0.05) is 19.6 Å². The van der Waals surface area contributed by atoms with Crippen LogP contribution in [0, 0.1) is 11.3 Å². The molecule has 13 heavy (non-hydrogen) atoms. The molecule has 2 fully saturated rings. The zero-order chi connectivity index (χ0) is 9.47. The maximum atomic E-state index is 12.1. The molecule has 2 aliphatic rings. The zero-order valence-electron chi connectivity index (χ0n) is 8.47. The van der Waals surface area contributed by atoms with Crippen LogP contribution >= 0.6 is 0 Å². The van der Waals surface area contributed by atoms with E-state index in [9.17, 15) is 4.79 Å². The van der Waals surface area contributed by atoms with Gasteiger partial charge < -0.3 is 10.2 Å². The van der Waals surface area contributed by atoms with Crippen LogP contribution in [-0.4, -0.2) is 37.0 Å². The molecule has 1 N–H and O–H groups in total. The van der Waals surface area contributed by atoms with E-state index in [-0.39, 0.29) is 5.41 Å². The lowest BCUT2D eigenvalue weighted by Gasteiger charge is -2.25. The fourth-order valence-corrected chi connectivity index (χ4v) is 2.66. The van der Waals surface area contributed by atoms with E-state index in [2.05, 4.69) is 19.2 Å². The van der Waals surface area contributed by atoms with Crippen LogP contribution in [0.25, 0.3) is 0 Å². The van der Waals surface area contributed by atoms with E-state index in [0.29, 0.717) is 11.8 Å². The van der Waals surface area contributed by atoms with Crippen LogP contribution in [0.4, 0.5) is 0 Å². The molecule has 0 saturated carbocycles. The summed E-state index contributed by atoms with van der Waals surface area (Å²) in [6.45, 7) is 7.97. The average Bonchev–Trinajstić information content (AvgIpc) is 2.63. The number of likely N-dealkylation sites (tertiary alicyclic amines) is 1. The zero-order valence-corrected chi connectivity index (χ0v) is 8.47. The largest absolute Gasteiger partial charge is 0.342 e. The minimum Gasteiger partial charge on any atom is -0.342 e. The number of carbonyl (C=O) groups excluding carboxylic acids is 1. The second kappa shape index (κ2) is 2.98. The number of nitrogens with one attached hydrogen (secondary N) is 1. The number of amides is 1. The molecule has 0 radical (unpaired) electrons. The number of rotatable bonds is 1. The first-order chi connectivity index (χ1) is 6.20. The lowest BCUT2D eigenvalue weighted by Crippen LogP contribution is -2.39. The maximum absolute atomic E-state index is 12.1. The molecule has 3 nitrogen and oxygen atoms in total. The predicted octanol–water partition coefficient (Wildman–Crippen LogP) is 0.464. The molecule has 0 aliphatic carbocycles. The molecule has 0 unspecified atom stereocenters. The number of hydrogen-bond acceptors (Lipinski definition) is 2. The van der Waals surface area contributed by atoms with Gasteiger partial charge in [-0.1, -0.05) is 6.92 Å². The maximum Gasteiger partial charge on any atom is 0.230 e. The lowest BCUT2D eigenvalue weighted by atomic mass is 9.78. The van der Waals surface area contributed by atoms with Crippen molar-refractivity contribution in [2.45, 2.75) is 20.3 Å². The summed E-state index contributed by atoms with van der Waals surface area (Å²) >= 11 is 0. The lowest BCUT2D eigenvalue weighted by molar-refractivity contribution is -0.136. The quantitative estimate of drug-likeness (QED) is 0.639. The highest BCUT2D eigenvalue weighted by atomic mass is 16.2. The number of carbonyl (C=O) groups is 1. The van der Waals surface area contributed by atoms with Crippen LogP contribution in [0.1, 0.15) is 20.3 Å². The standard InChI is InChI=1S/C10H18N2O/c1-3-12-5-4-10(9(12)13)7-11-6-8(10)2/h8,11H,3-7H2,1-2H3/t8-,10-/m0/s1. The van der Waals surface area contributed by atoms with Gasteiger partial charge in [0.25, 0.3) is 0 Å². The van der Waals surface area contributed by atoms with E-state index in [4.69, 9.17) is 0 Å². The minimum atomic E-state index is -0.0456. The van der Waals surface area contributed by atoms with Crippen molar-refractivity contribution in [3.63, 3.8) is 0 Å². The van der Waals surface area contributed by atoms with Crippen molar-refractivity contribution in [2.24, 2.45) is 11.3 Å². The fraction of sp³-hybridized carbons (Fsp3) is 0.900. The molecule has 0 aromatic rings. The van der Waals surface area contributed by atoms with Crippen molar-refractivity contribution < 1.29 is 4.79 Å². The average molecular weight is 182 g/mol. The first kappa shape index (κ1) is 9.00. The Morgan fingerprint density at radius 1 is 1.69 bits per heavy atom. The van der Waals surface area contributed by atoms with Gasteiger partial charge in [-0.3, -0.25) is 4.79 Å². The molecule has 2 atom stereocenters. The third kappa shape index (κ3) is 1.10. The molecule has 1 spiro atoms. The third-order valence-electron chi connectivity index (χ3n) is 3.76. The molecule has 2 rings (SSSR count). The second-order valence-corrected chi connectivity index (χ2v) is 4.32. The summed E-state index contributed by atoms with van der Waals surface area (Å²) in [4.78, 5) is 14.0. The monoisotopic (exact) mass is 182 g/mol. The van der Waals surface area contributed by atoms with Crippen LogP contribution < -0.4 is 5.32 Å². The van der Waals surface area contributed by atoms with E-state index in [1.807, 2.05) is 4.90 Å². The Balaban J connectivity index is 2.21. The molecule has 3 heteroatoms. The third-order valence-corrected chi connectivity index (χ3v) is 3.76. The summed E-state index contributed by atoms with van der Waals surface area (Å²) in [5, 5.41) is 3.33. The van der Waals surface area contributed by atoms with Crippen molar-refractivity contribution in [1.29, 1.82) is 0 Å². The SMILES string of the molecule is CCN1CC[C@@]2(CNC[C@@H]2C)C1=O. The molecule has 0 bridgehead atoms. The Labute approximate surface area is 79.5 Å². The number of nitrogens with zero attached hydrogens (tertiary/aromatic N) is 1. The van der Waals surface area contributed by atoms with E-state index < -0.39 is 0 Å². The molecular formula is C10H18N2O. The van der Waals surface area contributed by atoms with Gasteiger partial charge in [0.05, 0.1) is 5.41 Å². The van der Waals surface area contributed by atoms with Gasteiger partial charge in [-0.05, 0) is 25.8 Å². The smallest absolute Gasteiger partial charge is 0.230 e. The van der Waals surface area contributed by atoms with Crippen molar-refractivity contribution >= 4 is 5.91 Å². The highest BCUT2D eigenvalue weighted by molar-refractivity contribution is 5.85. The molecule has 0 aromatic carbocycles. The van der Waals surface area contributed by atoms with E-state index in [1.54, 1.807) is 0 Å². The minimum absolute atomic E-state index is 0.0456. The van der Waals surface area contributed by atoms with Crippen LogP contribution in [0.5, 0.6) is 0 Å². The summed E-state index contributed by atoms with van der Waals surface area (Å²) in [6, 6.07) is 0. The summed E-state index contributed by atoms with van der Waals surface area (Å²) in [5.74, 6) is 0.893. The van der Waals surface area contributed by atoms with Crippen LogP contribution in [0.15, 0.2) is 0 Å². The normalized spacial score (nSPS) is 39.4. The molecule has 2 aliphatic heterocycles. The molecule has 0 aromatic heterocycles. The molecule has 2 heterocycles. The summed E-state index contributed by atoms with van der Waals surface area (Å²) < 4.78 is 0. The van der Waals surface area contributed by atoms with Crippen LogP contribution in [-0.2, 0) is 4.79 Å². The Morgan fingerprint density at radius 2 is 2.46 bits per heavy atom. The fourth-order valence-electron chi connectivity index (χ4n) is 2.66. The van der Waals surface area contributed by atoms with Crippen molar-refractivity contribution in [1.82, 2.24) is 10.2 Å². The van der Waals surface area contributed by atoms with Gasteiger partial charge in [-0.15, -0.1) is 0 Å². The molecular weight excluding hydrogens is 164 g/mol. The molecule has 74 valence electrons. The van der Waals surface area contributed by atoms with Crippen LogP contribution in [0.2, 0.25) is 0 Å². The molecule has 1 amide bonds.